The largest absolute Gasteiger partial charge is 0.352 e. The molecule has 2 amide bonds. The van der Waals surface area contributed by atoms with Gasteiger partial charge in [-0.15, -0.1) is 0 Å². The highest BCUT2D eigenvalue weighted by Gasteiger charge is 2.33. The van der Waals surface area contributed by atoms with Crippen LogP contribution in [-0.2, 0) is 9.59 Å². The SMILES string of the molecule is CCCCC(=O)N1CCNC(=O)C1c1cccc(C)c1. The molecular formula is C16H22N2O2. The van der Waals surface area contributed by atoms with Crippen molar-refractivity contribution in [1.29, 1.82) is 0 Å². The van der Waals surface area contributed by atoms with Crippen LogP contribution in [0.5, 0.6) is 0 Å². The average molecular weight is 274 g/mol. The molecule has 4 nitrogen and oxygen atoms in total. The molecule has 0 saturated carbocycles. The molecule has 20 heavy (non-hydrogen) atoms. The maximum absolute atomic E-state index is 12.3. The molecule has 1 fully saturated rings. The number of hydrogen-bond donors (Lipinski definition) is 1. The van der Waals surface area contributed by atoms with E-state index in [4.69, 9.17) is 0 Å². The number of benzene rings is 1. The number of piperazine rings is 1. The number of unbranched alkanes of at least 4 members (excludes halogenated alkanes) is 1. The van der Waals surface area contributed by atoms with E-state index in [9.17, 15) is 9.59 Å². The average Bonchev–Trinajstić information content (AvgIpc) is 2.44. The maximum atomic E-state index is 12.3. The van der Waals surface area contributed by atoms with Gasteiger partial charge in [-0.25, -0.2) is 0 Å². The fraction of sp³-hybridized carbons (Fsp3) is 0.500. The zero-order chi connectivity index (χ0) is 14.5. The van der Waals surface area contributed by atoms with Crippen LogP contribution in [0.4, 0.5) is 0 Å². The van der Waals surface area contributed by atoms with Gasteiger partial charge in [0.25, 0.3) is 0 Å². The molecule has 0 bridgehead atoms. The van der Waals surface area contributed by atoms with E-state index in [1.807, 2.05) is 31.2 Å². The van der Waals surface area contributed by atoms with E-state index in [0.29, 0.717) is 19.5 Å². The molecule has 108 valence electrons. The Morgan fingerprint density at radius 3 is 2.95 bits per heavy atom. The number of carbonyl (C=O) groups is 2. The second-order valence-electron chi connectivity index (χ2n) is 5.30. The number of aryl methyl sites for hydroxylation is 1. The second-order valence-corrected chi connectivity index (χ2v) is 5.30. The molecule has 1 N–H and O–H groups in total. The Labute approximate surface area is 120 Å². The number of hydrogen-bond acceptors (Lipinski definition) is 2. The Balaban J connectivity index is 2.24. The van der Waals surface area contributed by atoms with Crippen molar-refractivity contribution < 1.29 is 9.59 Å². The van der Waals surface area contributed by atoms with Crippen LogP contribution in [-0.4, -0.2) is 29.8 Å². The van der Waals surface area contributed by atoms with E-state index < -0.39 is 6.04 Å². The summed E-state index contributed by atoms with van der Waals surface area (Å²) in [4.78, 5) is 26.2. The minimum Gasteiger partial charge on any atom is -0.352 e. The molecule has 1 saturated heterocycles. The number of carbonyl (C=O) groups excluding carboxylic acids is 2. The predicted octanol–water partition coefficient (Wildman–Crippen LogP) is 2.18. The molecule has 1 aliphatic heterocycles. The molecule has 1 aliphatic rings. The lowest BCUT2D eigenvalue weighted by molar-refractivity contribution is -0.143. The molecular weight excluding hydrogens is 252 g/mol. The third-order valence-electron chi connectivity index (χ3n) is 3.63. The van der Waals surface area contributed by atoms with Crippen LogP contribution < -0.4 is 5.32 Å². The van der Waals surface area contributed by atoms with Crippen molar-refractivity contribution in [2.45, 2.75) is 39.2 Å². The van der Waals surface area contributed by atoms with Crippen LogP contribution >= 0.6 is 0 Å². The summed E-state index contributed by atoms with van der Waals surface area (Å²) in [5.74, 6) is -0.0000883. The minimum atomic E-state index is -0.479. The second kappa shape index (κ2) is 6.55. The molecule has 0 aliphatic carbocycles. The van der Waals surface area contributed by atoms with Crippen molar-refractivity contribution in [3.8, 4) is 0 Å². The third-order valence-corrected chi connectivity index (χ3v) is 3.63. The molecule has 0 spiro atoms. The number of amides is 2. The van der Waals surface area contributed by atoms with Gasteiger partial charge in [0.05, 0.1) is 0 Å². The summed E-state index contributed by atoms with van der Waals surface area (Å²) in [7, 11) is 0. The third kappa shape index (κ3) is 3.18. The fourth-order valence-corrected chi connectivity index (χ4v) is 2.58. The van der Waals surface area contributed by atoms with Crippen molar-refractivity contribution >= 4 is 11.8 Å². The number of rotatable bonds is 4. The lowest BCUT2D eigenvalue weighted by Crippen LogP contribution is -2.52. The summed E-state index contributed by atoms with van der Waals surface area (Å²) >= 11 is 0. The Morgan fingerprint density at radius 2 is 2.25 bits per heavy atom. The first-order valence-electron chi connectivity index (χ1n) is 7.27. The smallest absolute Gasteiger partial charge is 0.247 e. The Kier molecular flexibility index (Phi) is 4.77. The maximum Gasteiger partial charge on any atom is 0.247 e. The highest BCUT2D eigenvalue weighted by atomic mass is 16.2. The zero-order valence-electron chi connectivity index (χ0n) is 12.2. The summed E-state index contributed by atoms with van der Waals surface area (Å²) in [6.45, 7) is 5.19. The van der Waals surface area contributed by atoms with Gasteiger partial charge in [-0.3, -0.25) is 9.59 Å². The van der Waals surface area contributed by atoms with Crippen molar-refractivity contribution in [2.24, 2.45) is 0 Å². The molecule has 1 unspecified atom stereocenters. The Morgan fingerprint density at radius 1 is 1.45 bits per heavy atom. The van der Waals surface area contributed by atoms with Gasteiger partial charge in [0.15, 0.2) is 0 Å². The number of nitrogens with zero attached hydrogens (tertiary/aromatic N) is 1. The summed E-state index contributed by atoms with van der Waals surface area (Å²) < 4.78 is 0. The van der Waals surface area contributed by atoms with Gasteiger partial charge >= 0.3 is 0 Å². The molecule has 0 aromatic heterocycles. The van der Waals surface area contributed by atoms with Crippen LogP contribution in [0.15, 0.2) is 24.3 Å². The van der Waals surface area contributed by atoms with Gasteiger partial charge in [-0.2, -0.15) is 0 Å². The zero-order valence-corrected chi connectivity index (χ0v) is 12.2. The van der Waals surface area contributed by atoms with E-state index >= 15 is 0 Å². The molecule has 4 heteroatoms. The van der Waals surface area contributed by atoms with Gasteiger partial charge in [0, 0.05) is 19.5 Å². The summed E-state index contributed by atoms with van der Waals surface area (Å²) in [6.07, 6.45) is 2.38. The van der Waals surface area contributed by atoms with Crippen molar-refractivity contribution in [2.75, 3.05) is 13.1 Å². The molecule has 1 atom stereocenters. The first-order valence-corrected chi connectivity index (χ1v) is 7.27. The molecule has 1 aromatic carbocycles. The quantitative estimate of drug-likeness (QED) is 0.915. The van der Waals surface area contributed by atoms with E-state index in [2.05, 4.69) is 12.2 Å². The van der Waals surface area contributed by atoms with Crippen LogP contribution in [0.3, 0.4) is 0 Å². The van der Waals surface area contributed by atoms with Gasteiger partial charge < -0.3 is 10.2 Å². The standard InChI is InChI=1S/C16H22N2O2/c1-3-4-8-14(19)18-10-9-17-16(20)15(18)13-7-5-6-12(2)11-13/h5-7,11,15H,3-4,8-10H2,1-2H3,(H,17,20). The minimum absolute atomic E-state index is 0.0770. The lowest BCUT2D eigenvalue weighted by Gasteiger charge is -2.35. The fourth-order valence-electron chi connectivity index (χ4n) is 2.58. The molecule has 1 aromatic rings. The normalized spacial score (nSPS) is 18.8. The van der Waals surface area contributed by atoms with Crippen molar-refractivity contribution in [3.05, 3.63) is 35.4 Å². The molecule has 2 rings (SSSR count). The predicted molar refractivity (Wildman–Crippen MR) is 78.2 cm³/mol. The summed E-state index contributed by atoms with van der Waals surface area (Å²) in [6, 6.07) is 7.35. The summed E-state index contributed by atoms with van der Waals surface area (Å²) in [5.41, 5.74) is 1.99. The van der Waals surface area contributed by atoms with Gasteiger partial charge in [0.2, 0.25) is 11.8 Å². The molecule has 1 heterocycles. The first kappa shape index (κ1) is 14.6. The van der Waals surface area contributed by atoms with Crippen LogP contribution in [0.2, 0.25) is 0 Å². The van der Waals surface area contributed by atoms with Crippen LogP contribution in [0.1, 0.15) is 43.4 Å². The van der Waals surface area contributed by atoms with E-state index in [1.54, 1.807) is 4.90 Å². The monoisotopic (exact) mass is 274 g/mol. The van der Waals surface area contributed by atoms with Gasteiger partial charge in [-0.05, 0) is 18.9 Å². The van der Waals surface area contributed by atoms with E-state index in [-0.39, 0.29) is 11.8 Å². The van der Waals surface area contributed by atoms with Gasteiger partial charge in [0.1, 0.15) is 6.04 Å². The lowest BCUT2D eigenvalue weighted by atomic mass is 10.00. The van der Waals surface area contributed by atoms with Crippen molar-refractivity contribution in [3.63, 3.8) is 0 Å². The Hall–Kier alpha value is -1.84. The molecule has 0 radical (unpaired) electrons. The van der Waals surface area contributed by atoms with Crippen LogP contribution in [0, 0.1) is 6.92 Å². The van der Waals surface area contributed by atoms with E-state index in [0.717, 1.165) is 24.0 Å². The number of nitrogens with one attached hydrogen (secondary N) is 1. The first-order chi connectivity index (χ1) is 9.63. The summed E-state index contributed by atoms with van der Waals surface area (Å²) in [5, 5.41) is 2.86. The van der Waals surface area contributed by atoms with Gasteiger partial charge in [-0.1, -0.05) is 43.2 Å². The van der Waals surface area contributed by atoms with Crippen molar-refractivity contribution in [1.82, 2.24) is 10.2 Å². The Bertz CT molecular complexity index is 499. The highest BCUT2D eigenvalue weighted by molar-refractivity contribution is 5.89. The highest BCUT2D eigenvalue weighted by Crippen LogP contribution is 2.25. The topological polar surface area (TPSA) is 49.4 Å². The van der Waals surface area contributed by atoms with Crippen LogP contribution in [0.25, 0.3) is 0 Å². The van der Waals surface area contributed by atoms with E-state index in [1.165, 1.54) is 0 Å².